The molecule has 1 heterocycles. The summed E-state index contributed by atoms with van der Waals surface area (Å²) < 4.78 is 5.41. The predicted octanol–water partition coefficient (Wildman–Crippen LogP) is 3.57. The first kappa shape index (κ1) is 17.7. The average Bonchev–Trinajstić information content (AvgIpc) is 3.32. The summed E-state index contributed by atoms with van der Waals surface area (Å²) in [6, 6.07) is 12.5. The van der Waals surface area contributed by atoms with Gasteiger partial charge >= 0.3 is 0 Å². The molecule has 1 aromatic carbocycles. The largest absolute Gasteiger partial charge is 0.359 e. The predicted molar refractivity (Wildman–Crippen MR) is 97.0 cm³/mol. The van der Waals surface area contributed by atoms with Gasteiger partial charge in [-0.25, -0.2) is 0 Å². The normalized spacial score (nSPS) is 14.3. The molecule has 0 radical (unpaired) electrons. The number of aromatic nitrogens is 1. The van der Waals surface area contributed by atoms with Crippen molar-refractivity contribution in [1.82, 2.24) is 15.0 Å². The highest BCUT2D eigenvalue weighted by Gasteiger charge is 2.34. The van der Waals surface area contributed by atoms with Gasteiger partial charge in [0.05, 0.1) is 6.54 Å². The first-order valence-corrected chi connectivity index (χ1v) is 9.02. The second kappa shape index (κ2) is 7.83. The Morgan fingerprint density at radius 1 is 1.24 bits per heavy atom. The number of amides is 1. The zero-order valence-corrected chi connectivity index (χ0v) is 15.3. The third-order valence-corrected chi connectivity index (χ3v) is 4.31. The second-order valence-corrected chi connectivity index (χ2v) is 7.42. The van der Waals surface area contributed by atoms with E-state index in [1.807, 2.05) is 30.1 Å². The third kappa shape index (κ3) is 4.92. The molecule has 3 rings (SSSR count). The summed E-state index contributed by atoms with van der Waals surface area (Å²) in [6.45, 7) is 6.50. The van der Waals surface area contributed by atoms with Gasteiger partial charge in [0.2, 0.25) is 0 Å². The van der Waals surface area contributed by atoms with Gasteiger partial charge in [0.25, 0.3) is 5.91 Å². The Morgan fingerprint density at radius 3 is 2.60 bits per heavy atom. The van der Waals surface area contributed by atoms with Gasteiger partial charge in [-0.15, -0.1) is 0 Å². The van der Waals surface area contributed by atoms with E-state index in [1.165, 1.54) is 5.56 Å². The van der Waals surface area contributed by atoms with E-state index in [-0.39, 0.29) is 5.91 Å². The minimum Gasteiger partial charge on any atom is -0.359 e. The Hall–Kier alpha value is -2.14. The minimum absolute atomic E-state index is 0.00286. The van der Waals surface area contributed by atoms with Crippen LogP contribution in [-0.2, 0) is 13.1 Å². The van der Waals surface area contributed by atoms with Gasteiger partial charge in [-0.1, -0.05) is 49.3 Å². The number of benzene rings is 1. The first-order chi connectivity index (χ1) is 12.0. The van der Waals surface area contributed by atoms with Gasteiger partial charge in [-0.05, 0) is 31.4 Å². The van der Waals surface area contributed by atoms with Crippen molar-refractivity contribution in [1.29, 1.82) is 0 Å². The van der Waals surface area contributed by atoms with E-state index in [0.717, 1.165) is 31.7 Å². The molecule has 0 N–H and O–H groups in total. The van der Waals surface area contributed by atoms with Crippen molar-refractivity contribution in [2.75, 3.05) is 13.6 Å². The molecule has 1 aromatic heterocycles. The lowest BCUT2D eigenvalue weighted by molar-refractivity contribution is 0.0712. The molecule has 0 saturated heterocycles. The van der Waals surface area contributed by atoms with Crippen LogP contribution in [0.5, 0.6) is 0 Å². The zero-order valence-electron chi connectivity index (χ0n) is 15.3. The molecule has 0 aliphatic heterocycles. The molecule has 5 heteroatoms. The lowest BCUT2D eigenvalue weighted by atomic mass is 10.2. The zero-order chi connectivity index (χ0) is 17.8. The summed E-state index contributed by atoms with van der Waals surface area (Å²) >= 11 is 0. The Bertz CT molecular complexity index is 692. The maximum atomic E-state index is 12.7. The van der Waals surface area contributed by atoms with Crippen molar-refractivity contribution >= 4 is 5.91 Å². The lowest BCUT2D eigenvalue weighted by Gasteiger charge is -2.23. The van der Waals surface area contributed by atoms with Crippen LogP contribution in [0.15, 0.2) is 40.9 Å². The van der Waals surface area contributed by atoms with Crippen molar-refractivity contribution in [2.24, 2.45) is 5.92 Å². The molecule has 0 bridgehead atoms. The summed E-state index contributed by atoms with van der Waals surface area (Å²) in [5.41, 5.74) is 1.67. The van der Waals surface area contributed by atoms with Gasteiger partial charge in [-0.3, -0.25) is 9.69 Å². The number of hydrogen-bond acceptors (Lipinski definition) is 4. The van der Waals surface area contributed by atoms with Crippen LogP contribution in [0.3, 0.4) is 0 Å². The molecule has 25 heavy (non-hydrogen) atoms. The van der Waals surface area contributed by atoms with Crippen LogP contribution in [0.25, 0.3) is 0 Å². The summed E-state index contributed by atoms with van der Waals surface area (Å²) in [6.07, 6.45) is 2.20. The molecule has 1 fully saturated rings. The van der Waals surface area contributed by atoms with E-state index in [2.05, 4.69) is 36.0 Å². The molecule has 1 amide bonds. The molecule has 1 aliphatic rings. The lowest BCUT2D eigenvalue weighted by Crippen LogP contribution is -2.36. The Balaban J connectivity index is 1.60. The fourth-order valence-corrected chi connectivity index (χ4v) is 3.03. The van der Waals surface area contributed by atoms with Crippen molar-refractivity contribution < 1.29 is 9.32 Å². The molecule has 134 valence electrons. The van der Waals surface area contributed by atoms with E-state index in [1.54, 1.807) is 6.07 Å². The van der Waals surface area contributed by atoms with Crippen molar-refractivity contribution in [3.8, 4) is 0 Å². The van der Waals surface area contributed by atoms with Crippen molar-refractivity contribution in [3.63, 3.8) is 0 Å². The molecule has 5 nitrogen and oxygen atoms in total. The monoisotopic (exact) mass is 341 g/mol. The highest BCUT2D eigenvalue weighted by Crippen LogP contribution is 2.29. The SMILES string of the molecule is CC(C)CN(C(=O)c1cc(CN(C)Cc2ccccc2)on1)C1CC1. The fourth-order valence-electron chi connectivity index (χ4n) is 3.03. The maximum absolute atomic E-state index is 12.7. The summed E-state index contributed by atoms with van der Waals surface area (Å²) in [4.78, 5) is 16.8. The number of rotatable bonds is 8. The summed E-state index contributed by atoms with van der Waals surface area (Å²) in [7, 11) is 2.03. The Morgan fingerprint density at radius 2 is 1.96 bits per heavy atom. The molecular formula is C20H27N3O2. The van der Waals surface area contributed by atoms with Crippen molar-refractivity contribution in [2.45, 2.75) is 45.8 Å². The van der Waals surface area contributed by atoms with Crippen LogP contribution >= 0.6 is 0 Å². The molecule has 1 aliphatic carbocycles. The summed E-state index contributed by atoms with van der Waals surface area (Å²) in [5.74, 6) is 1.17. The van der Waals surface area contributed by atoms with E-state index in [0.29, 0.717) is 24.2 Å². The minimum atomic E-state index is -0.00286. The first-order valence-electron chi connectivity index (χ1n) is 9.02. The van der Waals surface area contributed by atoms with E-state index >= 15 is 0 Å². The van der Waals surface area contributed by atoms with Crippen LogP contribution < -0.4 is 0 Å². The molecule has 0 unspecified atom stereocenters. The van der Waals surface area contributed by atoms with Gasteiger partial charge in [0.1, 0.15) is 0 Å². The fraction of sp³-hybridized carbons (Fsp3) is 0.500. The maximum Gasteiger partial charge on any atom is 0.276 e. The van der Waals surface area contributed by atoms with Crippen LogP contribution in [0.4, 0.5) is 0 Å². The van der Waals surface area contributed by atoms with E-state index in [4.69, 9.17) is 4.52 Å². The van der Waals surface area contributed by atoms with Crippen LogP contribution in [0.1, 0.15) is 48.5 Å². The number of hydrogen-bond donors (Lipinski definition) is 0. The quantitative estimate of drug-likeness (QED) is 0.736. The topological polar surface area (TPSA) is 49.6 Å². The standard InChI is InChI=1S/C20H27N3O2/c1-15(2)12-23(17-9-10-17)20(24)19-11-18(25-21-19)14-22(3)13-16-7-5-4-6-8-16/h4-8,11,15,17H,9-10,12-14H2,1-3H3. The molecular weight excluding hydrogens is 314 g/mol. The molecule has 2 aromatic rings. The van der Waals surface area contributed by atoms with Gasteiger partial charge < -0.3 is 9.42 Å². The smallest absolute Gasteiger partial charge is 0.276 e. The molecule has 1 saturated carbocycles. The number of carbonyl (C=O) groups excluding carboxylic acids is 1. The second-order valence-electron chi connectivity index (χ2n) is 7.42. The van der Waals surface area contributed by atoms with Crippen LogP contribution in [-0.4, -0.2) is 40.5 Å². The van der Waals surface area contributed by atoms with E-state index < -0.39 is 0 Å². The molecule has 0 spiro atoms. The van der Waals surface area contributed by atoms with Crippen LogP contribution in [0.2, 0.25) is 0 Å². The highest BCUT2D eigenvalue weighted by atomic mass is 16.5. The number of carbonyl (C=O) groups is 1. The van der Waals surface area contributed by atoms with Gasteiger partial charge in [0.15, 0.2) is 11.5 Å². The average molecular weight is 341 g/mol. The van der Waals surface area contributed by atoms with Gasteiger partial charge in [0, 0.05) is 25.2 Å². The van der Waals surface area contributed by atoms with Crippen molar-refractivity contribution in [3.05, 3.63) is 53.4 Å². The Kier molecular flexibility index (Phi) is 5.53. The number of nitrogens with zero attached hydrogens (tertiary/aromatic N) is 3. The Labute approximate surface area is 149 Å². The van der Waals surface area contributed by atoms with E-state index in [9.17, 15) is 4.79 Å². The highest BCUT2D eigenvalue weighted by molar-refractivity contribution is 5.92. The third-order valence-electron chi connectivity index (χ3n) is 4.31. The summed E-state index contributed by atoms with van der Waals surface area (Å²) in [5, 5.41) is 4.02. The molecule has 0 atom stereocenters. The van der Waals surface area contributed by atoms with Crippen LogP contribution in [0, 0.1) is 5.92 Å². The van der Waals surface area contributed by atoms with Gasteiger partial charge in [-0.2, -0.15) is 0 Å².